The van der Waals surface area contributed by atoms with Crippen LogP contribution >= 0.6 is 0 Å². The lowest BCUT2D eigenvalue weighted by atomic mass is 9.31. The second-order valence-electron chi connectivity index (χ2n) is 15.8. The Morgan fingerprint density at radius 1 is 0.974 bits per heavy atom. The van der Waals surface area contributed by atoms with Gasteiger partial charge < -0.3 is 9.53 Å². The van der Waals surface area contributed by atoms with Crippen molar-refractivity contribution >= 4 is 17.5 Å². The average Bonchev–Trinajstić information content (AvgIpc) is 2.83. The van der Waals surface area contributed by atoms with Crippen LogP contribution in [0, 0.1) is 62.7 Å². The fourth-order valence-corrected chi connectivity index (χ4v) is 11.1. The molecular formula is C33H47NO4. The molecule has 0 radical (unpaired) electrons. The zero-order valence-corrected chi connectivity index (χ0v) is 24.8. The lowest BCUT2D eigenvalue weighted by molar-refractivity contribution is -0.224. The SMILES string of the molecule is [C-]#[N+]C1=C[C@]2(C)[C@H]3CC(=O)[C@@H]4[C@@H]5CC(C)(C)CC[C@]5(CC(=O)OC)CC[C@@]4(C)[C@]3(C)CC[C@H]2C(C)(C)C1=O. The number of carbonyl (C=O) groups excluding carboxylic acids is 3. The molecule has 208 valence electrons. The first-order valence-corrected chi connectivity index (χ1v) is 14.8. The van der Waals surface area contributed by atoms with Crippen molar-refractivity contribution in [3.8, 4) is 0 Å². The van der Waals surface area contributed by atoms with Crippen molar-refractivity contribution in [1.29, 1.82) is 0 Å². The van der Waals surface area contributed by atoms with Gasteiger partial charge in [0.05, 0.1) is 20.1 Å². The quantitative estimate of drug-likeness (QED) is 0.285. The summed E-state index contributed by atoms with van der Waals surface area (Å²) in [5.41, 5.74) is -1.02. The van der Waals surface area contributed by atoms with Crippen LogP contribution in [0.4, 0.5) is 0 Å². The van der Waals surface area contributed by atoms with Gasteiger partial charge in [-0.1, -0.05) is 54.5 Å². The summed E-state index contributed by atoms with van der Waals surface area (Å²) in [6, 6.07) is 0. The normalized spacial score (nSPS) is 46.9. The van der Waals surface area contributed by atoms with Crippen molar-refractivity contribution in [2.45, 2.75) is 106 Å². The fourth-order valence-electron chi connectivity index (χ4n) is 11.1. The number of methoxy groups -OCH3 is 1. The van der Waals surface area contributed by atoms with Crippen molar-refractivity contribution < 1.29 is 19.1 Å². The van der Waals surface area contributed by atoms with E-state index in [1.165, 1.54) is 7.11 Å². The van der Waals surface area contributed by atoms with E-state index in [-0.39, 0.29) is 68.2 Å². The molecule has 5 aliphatic rings. The standard InChI is InChI=1S/C33H47NO4/c1-28(2)12-14-33(19-25(36)38-9)15-13-32(7)26(20(33)17-28)22(35)16-24-30(5)18-21(34-8)27(37)29(3,4)23(30)10-11-31(24,32)6/h18,20,23-24,26H,10-17,19H2,1-7,9H3/t20-,23-,24+,26-,30-,31+,32+,33+/m0/s1. The van der Waals surface area contributed by atoms with Crippen LogP contribution in [0.25, 0.3) is 4.85 Å². The Morgan fingerprint density at radius 3 is 2.26 bits per heavy atom. The van der Waals surface area contributed by atoms with Gasteiger partial charge in [-0.05, 0) is 89.8 Å². The van der Waals surface area contributed by atoms with Crippen LogP contribution in [-0.4, -0.2) is 24.6 Å². The van der Waals surface area contributed by atoms with Crippen molar-refractivity contribution in [3.05, 3.63) is 23.2 Å². The highest BCUT2D eigenvalue weighted by atomic mass is 16.5. The van der Waals surface area contributed by atoms with E-state index >= 15 is 0 Å². The zero-order chi connectivity index (χ0) is 28.1. The maximum absolute atomic E-state index is 14.5. The number of hydrogen-bond acceptors (Lipinski definition) is 4. The summed E-state index contributed by atoms with van der Waals surface area (Å²) in [5.74, 6) is 0.485. The molecule has 8 atom stereocenters. The van der Waals surface area contributed by atoms with E-state index in [0.29, 0.717) is 18.6 Å². The van der Waals surface area contributed by atoms with E-state index < -0.39 is 5.41 Å². The molecule has 5 rings (SSSR count). The third-order valence-electron chi connectivity index (χ3n) is 13.4. The molecule has 5 aliphatic carbocycles. The van der Waals surface area contributed by atoms with Crippen molar-refractivity contribution in [2.75, 3.05) is 7.11 Å². The predicted molar refractivity (Wildman–Crippen MR) is 147 cm³/mol. The Kier molecular flexibility index (Phi) is 6.01. The Labute approximate surface area is 229 Å². The first-order valence-electron chi connectivity index (χ1n) is 14.8. The topological polar surface area (TPSA) is 64.8 Å². The molecule has 4 saturated carbocycles. The van der Waals surface area contributed by atoms with Gasteiger partial charge >= 0.3 is 5.97 Å². The average molecular weight is 522 g/mol. The van der Waals surface area contributed by atoms with Crippen LogP contribution in [0.3, 0.4) is 0 Å². The summed E-state index contributed by atoms with van der Waals surface area (Å²) in [6.07, 6.45) is 9.74. The number of allylic oxidation sites excluding steroid dienone is 2. The lowest BCUT2D eigenvalue weighted by Gasteiger charge is -2.72. The minimum atomic E-state index is -0.610. The van der Waals surface area contributed by atoms with E-state index in [2.05, 4.69) is 39.5 Å². The van der Waals surface area contributed by atoms with Crippen LogP contribution < -0.4 is 0 Å². The summed E-state index contributed by atoms with van der Waals surface area (Å²) in [7, 11) is 1.48. The zero-order valence-electron chi connectivity index (χ0n) is 24.8. The van der Waals surface area contributed by atoms with Gasteiger partial charge in [0.2, 0.25) is 5.70 Å². The predicted octanol–water partition coefficient (Wildman–Crippen LogP) is 7.20. The Balaban J connectivity index is 1.62. The van der Waals surface area contributed by atoms with Gasteiger partial charge in [-0.3, -0.25) is 9.59 Å². The Hall–Kier alpha value is -1.96. The van der Waals surface area contributed by atoms with Crippen LogP contribution in [0.5, 0.6) is 0 Å². The number of fused-ring (bicyclic) bond motifs is 7. The van der Waals surface area contributed by atoms with Crippen LogP contribution in [0.1, 0.15) is 106 Å². The molecular weight excluding hydrogens is 474 g/mol. The number of Topliss-reactive ketones (excluding diaryl/α,β-unsaturated/α-hetero) is 2. The van der Waals surface area contributed by atoms with Gasteiger partial charge in [0.25, 0.3) is 0 Å². The number of ketones is 2. The monoisotopic (exact) mass is 521 g/mol. The Morgan fingerprint density at radius 2 is 1.63 bits per heavy atom. The lowest BCUT2D eigenvalue weighted by Crippen LogP contribution is -2.68. The van der Waals surface area contributed by atoms with Crippen molar-refractivity contribution in [2.24, 2.45) is 56.2 Å². The molecule has 0 aromatic heterocycles. The van der Waals surface area contributed by atoms with E-state index in [1.54, 1.807) is 0 Å². The van der Waals surface area contributed by atoms with Gasteiger partial charge in [0.1, 0.15) is 5.78 Å². The highest BCUT2D eigenvalue weighted by Crippen LogP contribution is 2.76. The summed E-state index contributed by atoms with van der Waals surface area (Å²) in [5, 5.41) is 0. The third-order valence-corrected chi connectivity index (χ3v) is 13.4. The number of esters is 1. The maximum atomic E-state index is 14.5. The number of nitrogens with zero attached hydrogens (tertiary/aromatic N) is 1. The summed E-state index contributed by atoms with van der Waals surface area (Å²) < 4.78 is 5.18. The van der Waals surface area contributed by atoms with Gasteiger partial charge in [0, 0.05) is 17.8 Å². The second-order valence-corrected chi connectivity index (χ2v) is 15.8. The summed E-state index contributed by atoms with van der Waals surface area (Å²) in [6.45, 7) is 23.5. The third kappa shape index (κ3) is 3.43. The van der Waals surface area contributed by atoms with Gasteiger partial charge in [0.15, 0.2) is 5.78 Å². The van der Waals surface area contributed by atoms with E-state index in [9.17, 15) is 14.4 Å². The van der Waals surface area contributed by atoms with E-state index in [4.69, 9.17) is 11.3 Å². The number of ether oxygens (including phenoxy) is 1. The molecule has 0 N–H and O–H groups in total. The first-order chi connectivity index (χ1) is 17.5. The van der Waals surface area contributed by atoms with E-state index in [0.717, 1.165) is 44.9 Å². The summed E-state index contributed by atoms with van der Waals surface area (Å²) in [4.78, 5) is 44.1. The molecule has 38 heavy (non-hydrogen) atoms. The van der Waals surface area contributed by atoms with Gasteiger partial charge in [-0.15, -0.1) is 0 Å². The van der Waals surface area contributed by atoms with Crippen LogP contribution in [0.2, 0.25) is 0 Å². The number of carbonyl (C=O) groups is 3. The van der Waals surface area contributed by atoms with Crippen molar-refractivity contribution in [3.63, 3.8) is 0 Å². The summed E-state index contributed by atoms with van der Waals surface area (Å²) >= 11 is 0. The number of hydrogen-bond donors (Lipinski definition) is 0. The first kappa shape index (κ1) is 27.6. The molecule has 0 amide bonds. The molecule has 5 heteroatoms. The molecule has 0 unspecified atom stereocenters. The molecule has 5 nitrogen and oxygen atoms in total. The molecule has 4 fully saturated rings. The smallest absolute Gasteiger partial charge is 0.306 e. The van der Waals surface area contributed by atoms with E-state index in [1.807, 2.05) is 19.9 Å². The second kappa shape index (κ2) is 8.28. The van der Waals surface area contributed by atoms with Gasteiger partial charge in [-0.25, -0.2) is 4.85 Å². The minimum absolute atomic E-state index is 0.0421. The molecule has 0 bridgehead atoms. The highest BCUT2D eigenvalue weighted by molar-refractivity contribution is 6.02. The van der Waals surface area contributed by atoms with Crippen molar-refractivity contribution in [1.82, 2.24) is 0 Å². The number of rotatable bonds is 2. The molecule has 0 saturated heterocycles. The van der Waals surface area contributed by atoms with Crippen LogP contribution in [-0.2, 0) is 19.1 Å². The van der Waals surface area contributed by atoms with Crippen LogP contribution in [0.15, 0.2) is 11.8 Å². The maximum Gasteiger partial charge on any atom is 0.306 e. The Bertz CT molecular complexity index is 1160. The molecule has 0 heterocycles. The highest BCUT2D eigenvalue weighted by Gasteiger charge is 2.72. The fraction of sp³-hybridized carbons (Fsp3) is 0.818. The minimum Gasteiger partial charge on any atom is -0.469 e. The molecule has 0 aromatic carbocycles. The molecule has 0 spiro atoms. The van der Waals surface area contributed by atoms with Gasteiger partial charge in [-0.2, -0.15) is 0 Å². The molecule has 0 aliphatic heterocycles. The largest absolute Gasteiger partial charge is 0.469 e. The molecule has 0 aromatic rings.